The third-order valence-electron chi connectivity index (χ3n) is 6.72. The van der Waals surface area contributed by atoms with E-state index >= 15 is 0 Å². The van der Waals surface area contributed by atoms with Gasteiger partial charge in [-0.25, -0.2) is 4.79 Å². The first kappa shape index (κ1) is 31.3. The van der Waals surface area contributed by atoms with Crippen LogP contribution in [0.15, 0.2) is 42.5 Å². The number of aryl methyl sites for hydroxylation is 2. The molecule has 4 atom stereocenters. The third-order valence-corrected chi connectivity index (χ3v) is 7.37. The van der Waals surface area contributed by atoms with Crippen LogP contribution in [-0.2, 0) is 14.3 Å². The Balaban J connectivity index is 2.03. The van der Waals surface area contributed by atoms with Crippen LogP contribution in [-0.4, -0.2) is 59.6 Å². The van der Waals surface area contributed by atoms with Crippen LogP contribution in [0, 0.1) is 19.8 Å². The Morgan fingerprint density at radius 3 is 2.17 bits per heavy atom. The van der Waals surface area contributed by atoms with E-state index < -0.39 is 23.8 Å². The number of rotatable bonds is 11. The molecule has 0 aromatic heterocycles. The second-order valence-electron chi connectivity index (χ2n) is 11.5. The second kappa shape index (κ2) is 13.4. The molecule has 8 nitrogen and oxygen atoms in total. The summed E-state index contributed by atoms with van der Waals surface area (Å²) < 4.78 is 10.7. The number of hydrogen-bond donors (Lipinski definition) is 2. The van der Waals surface area contributed by atoms with Gasteiger partial charge in [-0.05, 0) is 95.2 Å². The van der Waals surface area contributed by atoms with Gasteiger partial charge in [0.1, 0.15) is 23.4 Å². The molecule has 1 aliphatic rings. The molecule has 3 rings (SSSR count). The summed E-state index contributed by atoms with van der Waals surface area (Å²) in [6, 6.07) is 11.2. The van der Waals surface area contributed by atoms with Crippen molar-refractivity contribution in [2.75, 3.05) is 24.4 Å². The van der Waals surface area contributed by atoms with Crippen LogP contribution in [0.1, 0.15) is 63.3 Å². The molecule has 218 valence electrons. The highest BCUT2D eigenvalue weighted by molar-refractivity contribution is 7.98. The molecule has 2 aromatic carbocycles. The van der Waals surface area contributed by atoms with Crippen molar-refractivity contribution in [2.24, 2.45) is 5.92 Å². The van der Waals surface area contributed by atoms with Crippen molar-refractivity contribution in [2.45, 2.75) is 78.1 Å². The lowest BCUT2D eigenvalue weighted by atomic mass is 9.97. The number of carbonyl (C=O) groups excluding carboxylic acids is 3. The molecular weight excluding hydrogens is 526 g/mol. The fraction of sp³-hybridized carbons (Fsp3) is 0.516. The molecule has 1 fully saturated rings. The lowest BCUT2D eigenvalue weighted by molar-refractivity contribution is -0.141. The van der Waals surface area contributed by atoms with E-state index in [0.29, 0.717) is 23.6 Å². The normalized spacial score (nSPS) is 17.8. The van der Waals surface area contributed by atoms with E-state index in [4.69, 9.17) is 9.47 Å². The maximum absolute atomic E-state index is 14.4. The quantitative estimate of drug-likeness (QED) is 0.351. The number of alkyl carbamates (subject to hydrolysis) is 1. The first-order valence-electron chi connectivity index (χ1n) is 13.7. The van der Waals surface area contributed by atoms with E-state index in [1.165, 1.54) is 0 Å². The number of ether oxygens (including phenoxy) is 2. The number of anilines is 1. The number of carbonyl (C=O) groups is 3. The summed E-state index contributed by atoms with van der Waals surface area (Å²) in [4.78, 5) is 42.9. The van der Waals surface area contributed by atoms with Gasteiger partial charge >= 0.3 is 6.09 Å². The lowest BCUT2D eigenvalue weighted by Crippen LogP contribution is -2.53. The molecule has 1 saturated carbocycles. The smallest absolute Gasteiger partial charge is 0.408 e. The van der Waals surface area contributed by atoms with Gasteiger partial charge in [0.25, 0.3) is 5.91 Å². The molecule has 0 bridgehead atoms. The van der Waals surface area contributed by atoms with E-state index in [2.05, 4.69) is 17.6 Å². The Morgan fingerprint density at radius 2 is 1.68 bits per heavy atom. The third kappa shape index (κ3) is 8.65. The van der Waals surface area contributed by atoms with Gasteiger partial charge in [-0.3, -0.25) is 9.59 Å². The zero-order chi connectivity index (χ0) is 29.6. The van der Waals surface area contributed by atoms with Crippen molar-refractivity contribution < 1.29 is 23.9 Å². The summed E-state index contributed by atoms with van der Waals surface area (Å²) in [5.41, 5.74) is 2.62. The Hall–Kier alpha value is -3.20. The Labute approximate surface area is 242 Å². The molecule has 9 heteroatoms. The van der Waals surface area contributed by atoms with Gasteiger partial charge in [0, 0.05) is 11.7 Å². The van der Waals surface area contributed by atoms with Crippen molar-refractivity contribution in [3.05, 3.63) is 59.2 Å². The highest BCUT2D eigenvalue weighted by atomic mass is 32.2. The molecule has 0 saturated heterocycles. The molecule has 1 aliphatic carbocycles. The van der Waals surface area contributed by atoms with Crippen LogP contribution in [0.3, 0.4) is 0 Å². The Morgan fingerprint density at radius 1 is 1.07 bits per heavy atom. The number of hydrogen-bond acceptors (Lipinski definition) is 6. The van der Waals surface area contributed by atoms with Gasteiger partial charge in [0.15, 0.2) is 0 Å². The van der Waals surface area contributed by atoms with Crippen molar-refractivity contribution in [1.29, 1.82) is 0 Å². The minimum absolute atomic E-state index is 0.128. The molecule has 40 heavy (non-hydrogen) atoms. The maximum atomic E-state index is 14.4. The predicted octanol–water partition coefficient (Wildman–Crippen LogP) is 5.88. The molecule has 4 unspecified atom stereocenters. The van der Waals surface area contributed by atoms with E-state index in [1.54, 1.807) is 68.8 Å². The first-order chi connectivity index (χ1) is 18.8. The monoisotopic (exact) mass is 569 g/mol. The average Bonchev–Trinajstić information content (AvgIpc) is 3.58. The highest BCUT2D eigenvalue weighted by Crippen LogP contribution is 2.41. The van der Waals surface area contributed by atoms with Crippen molar-refractivity contribution in [3.8, 4) is 5.75 Å². The van der Waals surface area contributed by atoms with Crippen LogP contribution < -0.4 is 15.4 Å². The maximum Gasteiger partial charge on any atom is 0.408 e. The molecule has 3 amide bonds. The van der Waals surface area contributed by atoms with E-state index in [9.17, 15) is 14.4 Å². The van der Waals surface area contributed by atoms with Gasteiger partial charge in [0.05, 0.1) is 7.11 Å². The van der Waals surface area contributed by atoms with Crippen LogP contribution in [0.2, 0.25) is 0 Å². The standard InChI is InChI=1S/C31H43N3O5S/c1-19-15-20(2)17-22(16-19)27(28(35)32-23-9-11-24(38-7)12-10-23)34(26-18-21(26)3)29(36)25(13-14-40-8)33-30(37)39-31(4,5)6/h9-12,15-17,21,25-27H,13-14,18H2,1-8H3,(H,32,35)(H,33,37). The average molecular weight is 570 g/mol. The first-order valence-corrected chi connectivity index (χ1v) is 15.1. The summed E-state index contributed by atoms with van der Waals surface area (Å²) in [6.45, 7) is 11.4. The SMILES string of the molecule is COc1ccc(NC(=O)C(c2cc(C)cc(C)c2)N(C(=O)C(CCSC)NC(=O)OC(C)(C)C)C2CC2C)cc1. The van der Waals surface area contributed by atoms with E-state index in [1.807, 2.05) is 38.3 Å². The number of thioether (sulfide) groups is 1. The molecule has 2 aromatic rings. The van der Waals surface area contributed by atoms with Gasteiger partial charge in [-0.1, -0.05) is 36.2 Å². The molecular formula is C31H43N3O5S. The van der Waals surface area contributed by atoms with Crippen LogP contribution in [0.5, 0.6) is 5.75 Å². The largest absolute Gasteiger partial charge is 0.497 e. The molecule has 0 spiro atoms. The zero-order valence-electron chi connectivity index (χ0n) is 24.9. The highest BCUT2D eigenvalue weighted by Gasteiger charge is 2.48. The topological polar surface area (TPSA) is 97.0 Å². The van der Waals surface area contributed by atoms with Gasteiger partial charge in [-0.15, -0.1) is 0 Å². The minimum atomic E-state index is -0.889. The van der Waals surface area contributed by atoms with E-state index in [0.717, 1.165) is 23.1 Å². The van der Waals surface area contributed by atoms with Crippen LogP contribution in [0.25, 0.3) is 0 Å². The summed E-state index contributed by atoms with van der Waals surface area (Å²) in [5.74, 6) is 0.963. The zero-order valence-corrected chi connectivity index (χ0v) is 25.7. The van der Waals surface area contributed by atoms with E-state index in [-0.39, 0.29) is 23.8 Å². The van der Waals surface area contributed by atoms with Crippen molar-refractivity contribution >= 4 is 35.4 Å². The van der Waals surface area contributed by atoms with Crippen molar-refractivity contribution in [1.82, 2.24) is 10.2 Å². The van der Waals surface area contributed by atoms with Crippen LogP contribution in [0.4, 0.5) is 10.5 Å². The fourth-order valence-corrected chi connectivity index (χ4v) is 5.26. The number of amides is 3. The molecule has 0 radical (unpaired) electrons. The molecule has 2 N–H and O–H groups in total. The summed E-state index contributed by atoms with van der Waals surface area (Å²) in [5, 5.41) is 5.82. The van der Waals surface area contributed by atoms with Gasteiger partial charge in [0.2, 0.25) is 5.91 Å². The summed E-state index contributed by atoms with van der Waals surface area (Å²) in [7, 11) is 1.59. The number of nitrogens with one attached hydrogen (secondary N) is 2. The van der Waals surface area contributed by atoms with Gasteiger partial charge in [-0.2, -0.15) is 11.8 Å². The Kier molecular flexibility index (Phi) is 10.5. The number of benzene rings is 2. The summed E-state index contributed by atoms with van der Waals surface area (Å²) in [6.07, 6.45) is 2.50. The fourth-order valence-electron chi connectivity index (χ4n) is 4.79. The summed E-state index contributed by atoms with van der Waals surface area (Å²) >= 11 is 1.59. The second-order valence-corrected chi connectivity index (χ2v) is 12.5. The number of methoxy groups -OCH3 is 1. The molecule has 0 heterocycles. The number of nitrogens with zero attached hydrogens (tertiary/aromatic N) is 1. The van der Waals surface area contributed by atoms with Crippen molar-refractivity contribution in [3.63, 3.8) is 0 Å². The van der Waals surface area contributed by atoms with Gasteiger partial charge < -0.3 is 25.0 Å². The van der Waals surface area contributed by atoms with Crippen LogP contribution >= 0.6 is 11.8 Å². The Bertz CT molecular complexity index is 1170. The minimum Gasteiger partial charge on any atom is -0.497 e. The lowest BCUT2D eigenvalue weighted by Gasteiger charge is -2.35. The molecule has 0 aliphatic heterocycles. The predicted molar refractivity (Wildman–Crippen MR) is 161 cm³/mol.